The number of carbonyl (C=O) groups is 1. The quantitative estimate of drug-likeness (QED) is 0.864. The van der Waals surface area contributed by atoms with E-state index >= 15 is 0 Å². The summed E-state index contributed by atoms with van der Waals surface area (Å²) >= 11 is 0. The van der Waals surface area contributed by atoms with Crippen LogP contribution in [0, 0.1) is 0 Å². The molecule has 0 radical (unpaired) electrons. The third-order valence-electron chi connectivity index (χ3n) is 3.05. The normalized spacial score (nSPS) is 18.9. The maximum Gasteiger partial charge on any atom is 0.414 e. The molecule has 1 saturated heterocycles. The van der Waals surface area contributed by atoms with Gasteiger partial charge in [0.2, 0.25) is 0 Å². The first-order chi connectivity index (χ1) is 8.77. The number of hydrogen-bond donors (Lipinski definition) is 1. The van der Waals surface area contributed by atoms with Crippen LogP contribution in [-0.2, 0) is 4.74 Å². The van der Waals surface area contributed by atoms with Gasteiger partial charge >= 0.3 is 6.09 Å². The Kier molecular flexibility index (Phi) is 4.04. The molecule has 0 aliphatic carbocycles. The van der Waals surface area contributed by atoms with Gasteiger partial charge in [-0.1, -0.05) is 12.1 Å². The van der Waals surface area contributed by atoms with Gasteiger partial charge in [0, 0.05) is 0 Å². The molecular weight excluding hydrogens is 232 g/mol. The summed E-state index contributed by atoms with van der Waals surface area (Å²) in [5, 5.41) is 0. The lowest BCUT2D eigenvalue weighted by Gasteiger charge is -2.23. The van der Waals surface area contributed by atoms with E-state index in [0.29, 0.717) is 18.9 Å². The van der Waals surface area contributed by atoms with Gasteiger partial charge in [-0.25, -0.2) is 4.79 Å². The molecule has 1 aromatic rings. The molecule has 5 nitrogen and oxygen atoms in total. The van der Waals surface area contributed by atoms with Gasteiger partial charge in [-0.05, 0) is 31.5 Å². The number of nitrogens with two attached hydrogens (primary N) is 1. The third kappa shape index (κ3) is 2.41. The number of nitrogens with zero attached hydrogens (tertiary/aromatic N) is 1. The Bertz CT molecular complexity index is 422. The lowest BCUT2D eigenvalue weighted by molar-refractivity contribution is 0.178. The molecule has 18 heavy (non-hydrogen) atoms. The van der Waals surface area contributed by atoms with Crippen molar-refractivity contribution in [2.45, 2.75) is 18.9 Å². The van der Waals surface area contributed by atoms with E-state index in [2.05, 4.69) is 0 Å². The molecule has 1 unspecified atom stereocenters. The first-order valence-electron chi connectivity index (χ1n) is 6.07. The SMILES string of the molecule is COc1ccccc1N1C(=O)OCC1CCCN. The maximum atomic E-state index is 11.8. The van der Waals surface area contributed by atoms with E-state index in [0.717, 1.165) is 18.5 Å². The molecule has 2 N–H and O–H groups in total. The standard InChI is InChI=1S/C13H18N2O3/c1-17-12-7-3-2-6-11(12)15-10(5-4-8-14)9-18-13(15)16/h2-3,6-7,10H,4-5,8-9,14H2,1H3. The monoisotopic (exact) mass is 250 g/mol. The Morgan fingerprint density at radius 3 is 3.00 bits per heavy atom. The van der Waals surface area contributed by atoms with Crippen LogP contribution in [0.25, 0.3) is 0 Å². The summed E-state index contributed by atoms with van der Waals surface area (Å²) in [6.45, 7) is 1.03. The average molecular weight is 250 g/mol. The van der Waals surface area contributed by atoms with Crippen LogP contribution in [0.4, 0.5) is 10.5 Å². The van der Waals surface area contributed by atoms with Crippen molar-refractivity contribution in [1.29, 1.82) is 0 Å². The molecule has 0 saturated carbocycles. The second-order valence-corrected chi connectivity index (χ2v) is 4.20. The number of hydrogen-bond acceptors (Lipinski definition) is 4. The molecule has 5 heteroatoms. The van der Waals surface area contributed by atoms with Crippen molar-refractivity contribution in [3.63, 3.8) is 0 Å². The Morgan fingerprint density at radius 2 is 2.28 bits per heavy atom. The fraction of sp³-hybridized carbons (Fsp3) is 0.462. The Hall–Kier alpha value is -1.75. The first-order valence-corrected chi connectivity index (χ1v) is 6.07. The second-order valence-electron chi connectivity index (χ2n) is 4.20. The molecule has 98 valence electrons. The molecule has 1 amide bonds. The van der Waals surface area contributed by atoms with Crippen LogP contribution in [0.5, 0.6) is 5.75 Å². The zero-order valence-electron chi connectivity index (χ0n) is 10.5. The lowest BCUT2D eigenvalue weighted by Crippen LogP contribution is -2.34. The minimum absolute atomic E-state index is 0.0392. The number of amides is 1. The number of rotatable bonds is 5. The second kappa shape index (κ2) is 5.73. The molecule has 1 aliphatic heterocycles. The van der Waals surface area contributed by atoms with Crippen molar-refractivity contribution in [2.24, 2.45) is 5.73 Å². The lowest BCUT2D eigenvalue weighted by atomic mass is 10.1. The molecule has 1 aromatic carbocycles. The number of ether oxygens (including phenoxy) is 2. The number of carbonyl (C=O) groups excluding carboxylic acids is 1. The van der Waals surface area contributed by atoms with Crippen LogP contribution in [0.1, 0.15) is 12.8 Å². The van der Waals surface area contributed by atoms with Crippen LogP contribution < -0.4 is 15.4 Å². The summed E-state index contributed by atoms with van der Waals surface area (Å²) in [4.78, 5) is 13.5. The summed E-state index contributed by atoms with van der Waals surface area (Å²) in [7, 11) is 1.59. The highest BCUT2D eigenvalue weighted by Gasteiger charge is 2.35. The zero-order valence-corrected chi connectivity index (χ0v) is 10.5. The van der Waals surface area contributed by atoms with E-state index in [1.54, 1.807) is 12.0 Å². The van der Waals surface area contributed by atoms with Crippen molar-refractivity contribution < 1.29 is 14.3 Å². The van der Waals surface area contributed by atoms with Gasteiger partial charge in [-0.3, -0.25) is 4.90 Å². The van der Waals surface area contributed by atoms with Gasteiger partial charge in [-0.2, -0.15) is 0 Å². The van der Waals surface area contributed by atoms with Gasteiger partial charge in [0.1, 0.15) is 12.4 Å². The highest BCUT2D eigenvalue weighted by molar-refractivity contribution is 5.92. The highest BCUT2D eigenvalue weighted by atomic mass is 16.6. The fourth-order valence-electron chi connectivity index (χ4n) is 2.15. The fourth-order valence-corrected chi connectivity index (χ4v) is 2.15. The van der Waals surface area contributed by atoms with E-state index in [9.17, 15) is 4.79 Å². The molecule has 0 bridgehead atoms. The third-order valence-corrected chi connectivity index (χ3v) is 3.05. The minimum Gasteiger partial charge on any atom is -0.495 e. The van der Waals surface area contributed by atoms with Crippen molar-refractivity contribution >= 4 is 11.8 Å². The Labute approximate surface area is 106 Å². The van der Waals surface area contributed by atoms with Gasteiger partial charge in [-0.15, -0.1) is 0 Å². The van der Waals surface area contributed by atoms with Crippen LogP contribution in [0.3, 0.4) is 0 Å². The number of cyclic esters (lactones) is 1. The minimum atomic E-state index is -0.318. The van der Waals surface area contributed by atoms with Crippen LogP contribution in [0.15, 0.2) is 24.3 Å². The number of anilines is 1. The van der Waals surface area contributed by atoms with E-state index in [4.69, 9.17) is 15.2 Å². The van der Waals surface area contributed by atoms with Crippen LogP contribution in [-0.4, -0.2) is 32.4 Å². The molecule has 1 aliphatic rings. The van der Waals surface area contributed by atoms with Crippen molar-refractivity contribution in [3.05, 3.63) is 24.3 Å². The summed E-state index contributed by atoms with van der Waals surface area (Å²) in [5.41, 5.74) is 6.27. The Balaban J connectivity index is 2.25. The predicted molar refractivity (Wildman–Crippen MR) is 68.9 cm³/mol. The average Bonchev–Trinajstić information content (AvgIpc) is 2.77. The summed E-state index contributed by atoms with van der Waals surface area (Å²) in [6, 6.07) is 7.49. The molecular formula is C13H18N2O3. The molecule has 1 atom stereocenters. The van der Waals surface area contributed by atoms with E-state index in [1.165, 1.54) is 0 Å². The summed E-state index contributed by atoms with van der Waals surface area (Å²) in [6.07, 6.45) is 1.38. The number of methoxy groups -OCH3 is 1. The molecule has 2 rings (SSSR count). The molecule has 1 heterocycles. The smallest absolute Gasteiger partial charge is 0.414 e. The van der Waals surface area contributed by atoms with E-state index in [1.807, 2.05) is 24.3 Å². The summed E-state index contributed by atoms with van der Waals surface area (Å²) in [5.74, 6) is 0.675. The molecule has 0 spiro atoms. The maximum absolute atomic E-state index is 11.8. The van der Waals surface area contributed by atoms with Gasteiger partial charge in [0.15, 0.2) is 0 Å². The van der Waals surface area contributed by atoms with E-state index < -0.39 is 0 Å². The van der Waals surface area contributed by atoms with Crippen LogP contribution >= 0.6 is 0 Å². The highest BCUT2D eigenvalue weighted by Crippen LogP contribution is 2.33. The van der Waals surface area contributed by atoms with Gasteiger partial charge in [0.25, 0.3) is 0 Å². The number of para-hydroxylation sites is 2. The van der Waals surface area contributed by atoms with Crippen molar-refractivity contribution in [2.75, 3.05) is 25.2 Å². The van der Waals surface area contributed by atoms with Gasteiger partial charge < -0.3 is 15.2 Å². The first kappa shape index (κ1) is 12.7. The predicted octanol–water partition coefficient (Wildman–Crippen LogP) is 1.76. The molecule has 1 fully saturated rings. The van der Waals surface area contributed by atoms with Crippen LogP contribution in [0.2, 0.25) is 0 Å². The number of benzene rings is 1. The zero-order chi connectivity index (χ0) is 13.0. The van der Waals surface area contributed by atoms with Crippen molar-refractivity contribution in [1.82, 2.24) is 0 Å². The van der Waals surface area contributed by atoms with E-state index in [-0.39, 0.29) is 12.1 Å². The largest absolute Gasteiger partial charge is 0.495 e. The van der Waals surface area contributed by atoms with Crippen molar-refractivity contribution in [3.8, 4) is 5.75 Å². The Morgan fingerprint density at radius 1 is 1.50 bits per heavy atom. The van der Waals surface area contributed by atoms with Gasteiger partial charge in [0.05, 0.1) is 18.8 Å². The topological polar surface area (TPSA) is 64.8 Å². The summed E-state index contributed by atoms with van der Waals surface area (Å²) < 4.78 is 10.4. The molecule has 0 aromatic heterocycles.